The zero-order valence-corrected chi connectivity index (χ0v) is 70.9. The third-order valence-electron chi connectivity index (χ3n) is 23.6. The largest absolute Gasteiger partial charge is 2.00 e. The van der Waals surface area contributed by atoms with E-state index in [1.807, 2.05) is 217 Å². The number of benzene rings is 4. The van der Waals surface area contributed by atoms with Crippen molar-refractivity contribution < 1.29 is 67.4 Å². The normalized spacial score (nSPS) is 26.3. The molecule has 10 nitrogen and oxygen atoms in total. The van der Waals surface area contributed by atoms with Gasteiger partial charge in [-0.1, -0.05) is 265 Å². The number of hydrogen-bond donors (Lipinski definition) is 0. The summed E-state index contributed by atoms with van der Waals surface area (Å²) in [6, 6.07) is 44.1. The van der Waals surface area contributed by atoms with Crippen molar-refractivity contribution in [2.75, 3.05) is 0 Å². The summed E-state index contributed by atoms with van der Waals surface area (Å²) in [4.78, 5) is 0. The molecule has 4 aliphatic carbocycles. The van der Waals surface area contributed by atoms with Gasteiger partial charge in [-0.3, -0.25) is 0 Å². The summed E-state index contributed by atoms with van der Waals surface area (Å²) in [5.41, 5.74) is 5.83. The van der Waals surface area contributed by atoms with Gasteiger partial charge in [0.15, 0.2) is 0 Å². The molecule has 4 aromatic rings. The first-order valence-electron chi connectivity index (χ1n) is 36.7. The fourth-order valence-corrected chi connectivity index (χ4v) is 10.9. The van der Waals surface area contributed by atoms with Crippen LogP contribution in [0.3, 0.4) is 0 Å². The Balaban J connectivity index is -0.000000547. The van der Waals surface area contributed by atoms with Gasteiger partial charge in [0.2, 0.25) is 0 Å². The molecule has 5 saturated heterocycles. The molecular weight excluding hydrogens is 1360 g/mol. The van der Waals surface area contributed by atoms with E-state index in [1.54, 1.807) is 22.3 Å². The van der Waals surface area contributed by atoms with E-state index in [-0.39, 0.29) is 128 Å². The number of rotatable bonds is 3. The number of allylic oxidation sites excluding steroid dienone is 4. The van der Waals surface area contributed by atoms with E-state index in [0.717, 1.165) is 52.4 Å². The molecule has 5 heterocycles. The minimum absolute atomic E-state index is 0. The zero-order chi connectivity index (χ0) is 73.4. The first kappa shape index (κ1) is 104. The van der Waals surface area contributed by atoms with E-state index < -0.39 is 14.0 Å². The van der Waals surface area contributed by atoms with Gasteiger partial charge in [-0.25, -0.2) is 0 Å². The molecule has 2 radical (unpaired) electrons. The Hall–Kier alpha value is -3.09. The van der Waals surface area contributed by atoms with Crippen molar-refractivity contribution in [3.63, 3.8) is 0 Å². The van der Waals surface area contributed by atoms with Crippen LogP contribution in [0.1, 0.15) is 277 Å². The zero-order valence-electron chi connectivity index (χ0n) is 69.3. The summed E-state index contributed by atoms with van der Waals surface area (Å²) in [5, 5.41) is 0. The molecule has 4 aromatic carbocycles. The third-order valence-corrected chi connectivity index (χ3v) is 23.6. The summed E-state index contributed by atoms with van der Waals surface area (Å²) in [6.45, 7) is 66.5. The van der Waals surface area contributed by atoms with E-state index >= 15 is 0 Å². The molecule has 0 spiro atoms. The Morgan fingerprint density at radius 1 is 0.282 bits per heavy atom. The summed E-state index contributed by atoms with van der Waals surface area (Å²) in [6.07, 6.45) is 9.00. The predicted octanol–water partition coefficient (Wildman–Crippen LogP) is 23.2. The quantitative estimate of drug-likeness (QED) is 0.112. The minimum atomic E-state index is -0.476. The summed E-state index contributed by atoms with van der Waals surface area (Å²) in [5.74, 6) is 5.77. The fourth-order valence-electron chi connectivity index (χ4n) is 10.9. The van der Waals surface area contributed by atoms with Crippen LogP contribution in [0.25, 0.3) is 0 Å². The van der Waals surface area contributed by atoms with Gasteiger partial charge >= 0.3 is 55.4 Å². The van der Waals surface area contributed by atoms with Gasteiger partial charge in [0.05, 0.1) is 56.0 Å². The molecule has 9 aliphatic rings. The molecule has 0 aromatic heterocycles. The number of hydrogen-bond acceptors (Lipinski definition) is 10. The van der Waals surface area contributed by atoms with E-state index in [9.17, 15) is 0 Å². The molecule has 103 heavy (non-hydrogen) atoms. The molecule has 0 bridgehead atoms. The van der Waals surface area contributed by atoms with Crippen LogP contribution >= 0.6 is 0 Å². The molecule has 5 aliphatic heterocycles. The van der Waals surface area contributed by atoms with Crippen LogP contribution in [-0.4, -0.2) is 92.0 Å². The molecule has 13 rings (SSSR count). The van der Waals surface area contributed by atoms with Crippen molar-refractivity contribution in [1.29, 1.82) is 0 Å². The smallest absolute Gasteiger partial charge is 0.405 e. The third kappa shape index (κ3) is 30.0. The van der Waals surface area contributed by atoms with Gasteiger partial charge in [-0.2, -0.15) is 0 Å². The Morgan fingerprint density at radius 3 is 0.602 bits per heavy atom. The van der Waals surface area contributed by atoms with Gasteiger partial charge in [0, 0.05) is 1.43 Å². The second kappa shape index (κ2) is 43.9. The van der Waals surface area contributed by atoms with Crippen LogP contribution in [-0.2, 0) is 66.0 Å². The maximum Gasteiger partial charge on any atom is 2.00 e. The summed E-state index contributed by atoms with van der Waals surface area (Å²) in [7, 11) is -0.0144. The van der Waals surface area contributed by atoms with Crippen molar-refractivity contribution in [3.05, 3.63) is 171 Å². The van der Waals surface area contributed by atoms with Crippen LogP contribution in [0.2, 0.25) is 0 Å². The van der Waals surface area contributed by atoms with Crippen molar-refractivity contribution in [3.8, 4) is 0 Å². The van der Waals surface area contributed by atoms with Gasteiger partial charge in [-0.15, -0.1) is 0 Å². The SMILES string of the molecule is C.C.C.C1CC1.C1CC1.CC1(C)OB(B2OC(C)(C)C(C)(C)O2)OC1(C)C.CC1(C)OB(c2ccccc2)OC1(C)C.CC1(C)OB(c2ccccc2)OC1(C)C.CC1(C)O[B]OC1(C)C.CC1=C(C)[C@H](C)C(C)C(C)[C@@H]1C.CC1=C(C)[C@H](C)C(C)[C@@H]1C.[CH3-].[CH3-].[HH].[Rh+2].c1ccccc1.c1ccccc1. The fraction of sp³-hybridized carbons (Fsp3) is 0.655. The first-order valence-corrected chi connectivity index (χ1v) is 36.7. The molecule has 0 N–H and O–H groups in total. The molecule has 7 fully saturated rings. The monoisotopic (exact) mass is 1520 g/mol. The molecule has 16 heteroatoms. The summed E-state index contributed by atoms with van der Waals surface area (Å²) < 4.78 is 58.0. The Kier molecular flexibility index (Phi) is 44.4. The van der Waals surface area contributed by atoms with Crippen molar-refractivity contribution in [2.45, 2.75) is 331 Å². The maximum atomic E-state index is 5.96. The first-order chi connectivity index (χ1) is 44.7. The molecule has 586 valence electrons. The topological polar surface area (TPSA) is 92.3 Å². The molecule has 7 atom stereocenters. The van der Waals surface area contributed by atoms with E-state index in [2.05, 4.69) is 132 Å². The standard InChI is InChI=1S/C12H24B2O4.2C12H17BO2.C12H22.C10H18.C6H12BO2.2C6H6.2C3H6.3CH4.2CH3.Rh.H2/c1-9(2)10(3,4)16-13(15-9)14-17-11(5,6)12(7,8)18-14;2*1-11(2)12(3,4)15-13(14-11)10-8-6-5-7-9-10;1-7-8(2)10(4)12(6)11(5)9(7)3;1-6-7(2)9(4)10(5)8(6)3;1-5(2)6(3,4)9-7-8-5;2*1-2-4-6-5-3-1;2*1-2-3-1;;;;;;;/h1-8H3;2*5-9H,1-4H3;7-10H,1-6H3;6-8H,1-5H3;1-4H3;2*1-6H;2*1-3H2;3*1H4;2*1H3;;1H/q;;;;;;;;;;;;;2*-1;+2;/t;;;7?,8?,9-,10+;6?,7-,8+;;;;;;;;;;;;. The van der Waals surface area contributed by atoms with Crippen molar-refractivity contribution in [2.24, 2.45) is 41.4 Å². The van der Waals surface area contributed by atoms with E-state index in [0.29, 0.717) is 0 Å². The van der Waals surface area contributed by atoms with Crippen molar-refractivity contribution in [1.82, 2.24) is 0 Å². The minimum Gasteiger partial charge on any atom is -0.405 e. The van der Waals surface area contributed by atoms with Gasteiger partial charge < -0.3 is 61.4 Å². The van der Waals surface area contributed by atoms with Crippen LogP contribution in [0.15, 0.2) is 156 Å². The average Bonchev–Trinajstić information content (AvgIpc) is 1.58. The Bertz CT molecular complexity index is 2680. The van der Waals surface area contributed by atoms with Gasteiger partial charge in [0.1, 0.15) is 0 Å². The second-order valence-corrected chi connectivity index (χ2v) is 33.5. The van der Waals surface area contributed by atoms with Crippen LogP contribution in [0, 0.1) is 56.3 Å². The molecular formula is C87H154B5O10Rh. The van der Waals surface area contributed by atoms with Crippen LogP contribution in [0.5, 0.6) is 0 Å². The Labute approximate surface area is 653 Å². The van der Waals surface area contributed by atoms with E-state index in [1.165, 1.54) is 46.2 Å². The summed E-state index contributed by atoms with van der Waals surface area (Å²) >= 11 is 0. The van der Waals surface area contributed by atoms with Crippen LogP contribution < -0.4 is 10.9 Å². The Morgan fingerprint density at radius 2 is 0.447 bits per heavy atom. The molecule has 3 unspecified atom stereocenters. The van der Waals surface area contributed by atoms with E-state index in [4.69, 9.17) is 46.5 Å². The maximum absolute atomic E-state index is 5.96. The van der Waals surface area contributed by atoms with Crippen molar-refractivity contribution >= 4 is 46.9 Å². The van der Waals surface area contributed by atoms with Gasteiger partial charge in [0.25, 0.3) is 0 Å². The van der Waals surface area contributed by atoms with Crippen LogP contribution in [0.4, 0.5) is 0 Å². The molecule has 2 saturated carbocycles. The average molecular weight is 1520 g/mol. The second-order valence-electron chi connectivity index (χ2n) is 33.5. The molecule has 0 amide bonds. The predicted molar refractivity (Wildman–Crippen MR) is 449 cm³/mol. The van der Waals surface area contributed by atoms with Gasteiger partial charge in [-0.05, 0) is 219 Å².